The second kappa shape index (κ2) is 5.13. The Morgan fingerprint density at radius 3 is 2.57 bits per heavy atom. The minimum absolute atomic E-state index is 0.364. The summed E-state index contributed by atoms with van der Waals surface area (Å²) in [5.74, 6) is 0. The fourth-order valence-electron chi connectivity index (χ4n) is 2.26. The van der Waals surface area contributed by atoms with E-state index >= 15 is 0 Å². The van der Waals surface area contributed by atoms with Crippen LogP contribution in [0.3, 0.4) is 0 Å². The van der Waals surface area contributed by atoms with E-state index in [9.17, 15) is 0 Å². The van der Waals surface area contributed by atoms with Crippen LogP contribution in [0.2, 0.25) is 0 Å². The summed E-state index contributed by atoms with van der Waals surface area (Å²) in [6.07, 6.45) is 4.62. The fraction of sp³-hybridized carbons (Fsp3) is 1.00. The number of nitrogens with one attached hydrogen (secondary N) is 1. The molecule has 1 saturated heterocycles. The molecular weight excluding hydrogens is 172 g/mol. The van der Waals surface area contributed by atoms with Gasteiger partial charge in [-0.15, -0.1) is 0 Å². The van der Waals surface area contributed by atoms with Crippen LogP contribution in [0, 0.1) is 5.41 Å². The molecule has 1 fully saturated rings. The number of unbranched alkanes of at least 4 members (excludes halogenated alkanes) is 2. The topological polar surface area (TPSA) is 15.3 Å². The fourth-order valence-corrected chi connectivity index (χ4v) is 2.26. The molecule has 1 heterocycles. The van der Waals surface area contributed by atoms with Crippen LogP contribution in [0.25, 0.3) is 0 Å². The molecule has 0 aromatic heterocycles. The van der Waals surface area contributed by atoms with Crippen molar-refractivity contribution in [1.29, 1.82) is 0 Å². The quantitative estimate of drug-likeness (QED) is 0.698. The van der Waals surface area contributed by atoms with Crippen LogP contribution in [-0.2, 0) is 0 Å². The lowest BCUT2D eigenvalue weighted by atomic mass is 9.92. The summed E-state index contributed by atoms with van der Waals surface area (Å²) >= 11 is 0. The molecule has 0 aliphatic carbocycles. The molecule has 1 N–H and O–H groups in total. The van der Waals surface area contributed by atoms with Gasteiger partial charge in [-0.05, 0) is 18.4 Å². The Morgan fingerprint density at radius 2 is 2.00 bits per heavy atom. The van der Waals surface area contributed by atoms with Gasteiger partial charge in [-0.3, -0.25) is 4.90 Å². The first kappa shape index (κ1) is 12.0. The van der Waals surface area contributed by atoms with Crippen molar-refractivity contribution in [2.24, 2.45) is 5.41 Å². The van der Waals surface area contributed by atoms with E-state index in [-0.39, 0.29) is 0 Å². The van der Waals surface area contributed by atoms with Gasteiger partial charge in [0, 0.05) is 13.1 Å². The van der Waals surface area contributed by atoms with Crippen molar-refractivity contribution in [3.8, 4) is 0 Å². The van der Waals surface area contributed by atoms with Gasteiger partial charge in [0.15, 0.2) is 0 Å². The first-order chi connectivity index (χ1) is 6.55. The zero-order chi connectivity index (χ0) is 10.6. The van der Waals surface area contributed by atoms with Gasteiger partial charge in [-0.25, -0.2) is 0 Å². The van der Waals surface area contributed by atoms with E-state index in [0.29, 0.717) is 11.6 Å². The number of rotatable bonds is 4. The highest BCUT2D eigenvalue weighted by molar-refractivity contribution is 4.86. The molecule has 1 unspecified atom stereocenters. The third kappa shape index (κ3) is 3.25. The molecule has 0 bridgehead atoms. The van der Waals surface area contributed by atoms with E-state index in [1.54, 1.807) is 0 Å². The molecule has 2 nitrogen and oxygen atoms in total. The zero-order valence-corrected chi connectivity index (χ0v) is 10.3. The summed E-state index contributed by atoms with van der Waals surface area (Å²) in [6.45, 7) is 12.9. The monoisotopic (exact) mass is 198 g/mol. The van der Waals surface area contributed by atoms with E-state index in [0.717, 1.165) is 6.54 Å². The number of nitrogens with zero attached hydrogens (tertiary/aromatic N) is 1. The predicted molar refractivity (Wildman–Crippen MR) is 62.3 cm³/mol. The van der Waals surface area contributed by atoms with Crippen molar-refractivity contribution in [2.45, 2.75) is 53.1 Å². The highest BCUT2D eigenvalue weighted by Gasteiger charge is 2.32. The molecular formula is C12H26N2. The third-order valence-electron chi connectivity index (χ3n) is 2.97. The Morgan fingerprint density at radius 1 is 1.29 bits per heavy atom. The normalized spacial score (nSPS) is 24.4. The molecule has 0 aromatic carbocycles. The van der Waals surface area contributed by atoms with E-state index < -0.39 is 0 Å². The summed E-state index contributed by atoms with van der Waals surface area (Å²) in [7, 11) is 0. The van der Waals surface area contributed by atoms with Crippen LogP contribution in [0.5, 0.6) is 0 Å². The predicted octanol–water partition coefficient (Wildman–Crippen LogP) is 2.45. The molecule has 0 radical (unpaired) electrons. The van der Waals surface area contributed by atoms with Gasteiger partial charge < -0.3 is 5.32 Å². The maximum absolute atomic E-state index is 3.60. The van der Waals surface area contributed by atoms with Crippen molar-refractivity contribution < 1.29 is 0 Å². The Bertz CT molecular complexity index is 160. The molecule has 2 heteroatoms. The molecule has 1 aliphatic heterocycles. The maximum Gasteiger partial charge on any atom is 0.0647 e. The standard InChI is InChI=1S/C12H26N2/c1-5-6-7-9-14-10-8-13-11(14)12(2,3)4/h11,13H,5-10H2,1-4H3. The number of hydrogen-bond donors (Lipinski definition) is 1. The van der Waals surface area contributed by atoms with Crippen LogP contribution in [0.1, 0.15) is 47.0 Å². The lowest BCUT2D eigenvalue weighted by Crippen LogP contribution is -2.46. The van der Waals surface area contributed by atoms with Gasteiger partial charge in [0.1, 0.15) is 0 Å². The molecule has 1 rings (SSSR count). The Kier molecular flexibility index (Phi) is 4.39. The summed E-state index contributed by atoms with van der Waals surface area (Å²) in [4.78, 5) is 2.61. The summed E-state index contributed by atoms with van der Waals surface area (Å²) < 4.78 is 0. The van der Waals surface area contributed by atoms with Crippen molar-refractivity contribution in [2.75, 3.05) is 19.6 Å². The minimum atomic E-state index is 0.364. The Labute approximate surface area is 89.1 Å². The van der Waals surface area contributed by atoms with Gasteiger partial charge >= 0.3 is 0 Å². The van der Waals surface area contributed by atoms with Crippen LogP contribution >= 0.6 is 0 Å². The van der Waals surface area contributed by atoms with Gasteiger partial charge in [0.2, 0.25) is 0 Å². The highest BCUT2D eigenvalue weighted by atomic mass is 15.3. The van der Waals surface area contributed by atoms with Crippen molar-refractivity contribution in [3.63, 3.8) is 0 Å². The van der Waals surface area contributed by atoms with Crippen molar-refractivity contribution in [3.05, 3.63) is 0 Å². The first-order valence-corrected chi connectivity index (χ1v) is 6.03. The molecule has 84 valence electrons. The second-order valence-electron chi connectivity index (χ2n) is 5.47. The first-order valence-electron chi connectivity index (χ1n) is 6.03. The van der Waals surface area contributed by atoms with Crippen LogP contribution < -0.4 is 5.32 Å². The SMILES string of the molecule is CCCCCN1CCNC1C(C)(C)C. The smallest absolute Gasteiger partial charge is 0.0647 e. The molecule has 0 spiro atoms. The third-order valence-corrected chi connectivity index (χ3v) is 2.97. The second-order valence-corrected chi connectivity index (χ2v) is 5.47. The van der Waals surface area contributed by atoms with Gasteiger partial charge in [-0.2, -0.15) is 0 Å². The lowest BCUT2D eigenvalue weighted by molar-refractivity contribution is 0.124. The summed E-state index contributed by atoms with van der Waals surface area (Å²) in [5.41, 5.74) is 0.364. The summed E-state index contributed by atoms with van der Waals surface area (Å²) in [5, 5.41) is 3.60. The van der Waals surface area contributed by atoms with Gasteiger partial charge in [0.25, 0.3) is 0 Å². The molecule has 0 amide bonds. The maximum atomic E-state index is 3.60. The van der Waals surface area contributed by atoms with E-state index in [4.69, 9.17) is 0 Å². The lowest BCUT2D eigenvalue weighted by Gasteiger charge is -2.34. The average Bonchev–Trinajstić information content (AvgIpc) is 2.52. The van der Waals surface area contributed by atoms with E-state index in [1.807, 2.05) is 0 Å². The molecule has 0 saturated carbocycles. The average molecular weight is 198 g/mol. The van der Waals surface area contributed by atoms with Gasteiger partial charge in [-0.1, -0.05) is 40.5 Å². The zero-order valence-electron chi connectivity index (χ0n) is 10.3. The number of hydrogen-bond acceptors (Lipinski definition) is 2. The van der Waals surface area contributed by atoms with Gasteiger partial charge in [0.05, 0.1) is 6.17 Å². The van der Waals surface area contributed by atoms with Crippen molar-refractivity contribution >= 4 is 0 Å². The summed E-state index contributed by atoms with van der Waals surface area (Å²) in [6, 6.07) is 0. The molecule has 14 heavy (non-hydrogen) atoms. The molecule has 0 aromatic rings. The van der Waals surface area contributed by atoms with Crippen LogP contribution in [0.15, 0.2) is 0 Å². The molecule has 1 aliphatic rings. The van der Waals surface area contributed by atoms with E-state index in [1.165, 1.54) is 32.4 Å². The van der Waals surface area contributed by atoms with E-state index in [2.05, 4.69) is 37.9 Å². The van der Waals surface area contributed by atoms with Crippen LogP contribution in [0.4, 0.5) is 0 Å². The Balaban J connectivity index is 2.36. The minimum Gasteiger partial charge on any atom is -0.300 e. The highest BCUT2D eigenvalue weighted by Crippen LogP contribution is 2.25. The largest absolute Gasteiger partial charge is 0.300 e. The van der Waals surface area contributed by atoms with Crippen LogP contribution in [-0.4, -0.2) is 30.7 Å². The van der Waals surface area contributed by atoms with Crippen molar-refractivity contribution in [1.82, 2.24) is 10.2 Å². The molecule has 1 atom stereocenters. The Hall–Kier alpha value is -0.0800.